The predicted molar refractivity (Wildman–Crippen MR) is 134 cm³/mol. The standard InChI is InChI=1S/C25H32ClN5O3/c1-4-33-20-13-17(14-21(34-5-2)23(20)19-7-6-10-27-19)16-31-11-8-18(9-12-31)29-24-22(32-3)15-28-25(26)30-24/h6-7,10,13-15,18,27H,4-5,8-9,11-12,16H2,1-3H3,(H,28,29,30). The van der Waals surface area contributed by atoms with Gasteiger partial charge in [0.2, 0.25) is 5.28 Å². The number of benzene rings is 1. The molecule has 2 aromatic heterocycles. The number of methoxy groups -OCH3 is 1. The van der Waals surface area contributed by atoms with E-state index in [-0.39, 0.29) is 5.28 Å². The van der Waals surface area contributed by atoms with E-state index in [2.05, 4.69) is 37.3 Å². The maximum Gasteiger partial charge on any atom is 0.224 e. The molecule has 1 fully saturated rings. The Labute approximate surface area is 205 Å². The van der Waals surface area contributed by atoms with Crippen LogP contribution in [0.3, 0.4) is 0 Å². The van der Waals surface area contributed by atoms with E-state index in [0.717, 1.165) is 55.2 Å². The van der Waals surface area contributed by atoms with E-state index < -0.39 is 0 Å². The maximum absolute atomic E-state index is 6.03. The van der Waals surface area contributed by atoms with Gasteiger partial charge in [-0.25, -0.2) is 4.98 Å². The number of nitrogens with one attached hydrogen (secondary N) is 2. The van der Waals surface area contributed by atoms with Gasteiger partial charge in [-0.3, -0.25) is 4.90 Å². The van der Waals surface area contributed by atoms with E-state index in [9.17, 15) is 0 Å². The van der Waals surface area contributed by atoms with Gasteiger partial charge in [0, 0.05) is 31.9 Å². The number of H-pyrrole nitrogens is 1. The first-order valence-electron chi connectivity index (χ1n) is 11.7. The number of aromatic nitrogens is 3. The zero-order valence-corrected chi connectivity index (χ0v) is 20.7. The van der Waals surface area contributed by atoms with Gasteiger partial charge in [-0.05, 0) is 68.1 Å². The van der Waals surface area contributed by atoms with Crippen LogP contribution in [0.15, 0.2) is 36.7 Å². The number of nitrogens with zero attached hydrogens (tertiary/aromatic N) is 3. The lowest BCUT2D eigenvalue weighted by Crippen LogP contribution is -2.38. The van der Waals surface area contributed by atoms with Gasteiger partial charge in [-0.2, -0.15) is 4.98 Å². The summed E-state index contributed by atoms with van der Waals surface area (Å²) in [7, 11) is 1.61. The zero-order chi connectivity index (χ0) is 23.9. The third kappa shape index (κ3) is 5.74. The molecule has 9 heteroatoms. The lowest BCUT2D eigenvalue weighted by Gasteiger charge is -2.33. The summed E-state index contributed by atoms with van der Waals surface area (Å²) in [5.41, 5.74) is 3.14. The van der Waals surface area contributed by atoms with Crippen molar-refractivity contribution in [1.29, 1.82) is 0 Å². The number of hydrogen-bond donors (Lipinski definition) is 2. The molecule has 2 N–H and O–H groups in total. The molecular weight excluding hydrogens is 454 g/mol. The summed E-state index contributed by atoms with van der Waals surface area (Å²) in [4.78, 5) is 14.0. The predicted octanol–water partition coefficient (Wildman–Crippen LogP) is 5.01. The summed E-state index contributed by atoms with van der Waals surface area (Å²) in [6, 6.07) is 8.60. The third-order valence-electron chi connectivity index (χ3n) is 5.87. The maximum atomic E-state index is 6.03. The van der Waals surface area contributed by atoms with Crippen LogP contribution in [0.2, 0.25) is 5.28 Å². The van der Waals surface area contributed by atoms with Crippen LogP contribution in [0.5, 0.6) is 17.2 Å². The quantitative estimate of drug-likeness (QED) is 0.390. The number of ether oxygens (including phenoxy) is 3. The van der Waals surface area contributed by atoms with Crippen molar-refractivity contribution in [2.24, 2.45) is 0 Å². The number of anilines is 1. The second-order valence-corrected chi connectivity index (χ2v) is 8.51. The average molecular weight is 486 g/mol. The first-order chi connectivity index (χ1) is 16.6. The van der Waals surface area contributed by atoms with Crippen molar-refractivity contribution in [3.63, 3.8) is 0 Å². The highest BCUT2D eigenvalue weighted by molar-refractivity contribution is 6.28. The lowest BCUT2D eigenvalue weighted by atomic mass is 10.0. The Balaban J connectivity index is 1.45. The molecule has 1 aliphatic rings. The van der Waals surface area contributed by atoms with Crippen molar-refractivity contribution in [1.82, 2.24) is 19.9 Å². The number of likely N-dealkylation sites (tertiary alicyclic amines) is 1. The first kappa shape index (κ1) is 24.2. The molecular formula is C25H32ClN5O3. The van der Waals surface area contributed by atoms with Crippen molar-refractivity contribution < 1.29 is 14.2 Å². The number of hydrogen-bond acceptors (Lipinski definition) is 7. The SMILES string of the molecule is CCOc1cc(CN2CCC(Nc3nc(Cl)ncc3OC)CC2)cc(OCC)c1-c1ccc[nH]1. The van der Waals surface area contributed by atoms with Gasteiger partial charge >= 0.3 is 0 Å². The summed E-state index contributed by atoms with van der Waals surface area (Å²) >= 11 is 5.97. The summed E-state index contributed by atoms with van der Waals surface area (Å²) < 4.78 is 17.4. The molecule has 3 heterocycles. The van der Waals surface area contributed by atoms with Gasteiger partial charge in [-0.15, -0.1) is 0 Å². The number of halogens is 1. The van der Waals surface area contributed by atoms with E-state index in [4.69, 9.17) is 25.8 Å². The number of aromatic amines is 1. The highest BCUT2D eigenvalue weighted by Crippen LogP contribution is 2.39. The van der Waals surface area contributed by atoms with Crippen LogP contribution in [0, 0.1) is 0 Å². The molecule has 0 spiro atoms. The molecule has 8 nitrogen and oxygen atoms in total. The molecule has 1 aromatic carbocycles. The average Bonchev–Trinajstić information content (AvgIpc) is 3.35. The van der Waals surface area contributed by atoms with Crippen LogP contribution in [-0.2, 0) is 6.54 Å². The van der Waals surface area contributed by atoms with Gasteiger partial charge < -0.3 is 24.5 Å². The lowest BCUT2D eigenvalue weighted by molar-refractivity contribution is 0.210. The fraction of sp³-hybridized carbons (Fsp3) is 0.440. The molecule has 34 heavy (non-hydrogen) atoms. The van der Waals surface area contributed by atoms with Crippen LogP contribution in [0.1, 0.15) is 32.3 Å². The Bertz CT molecular complexity index is 1040. The van der Waals surface area contributed by atoms with Gasteiger partial charge in [0.15, 0.2) is 11.6 Å². The molecule has 0 bridgehead atoms. The molecule has 0 atom stereocenters. The minimum absolute atomic E-state index is 0.207. The van der Waals surface area contributed by atoms with Crippen LogP contribution in [0.4, 0.5) is 5.82 Å². The Kier molecular flexibility index (Phi) is 8.13. The van der Waals surface area contributed by atoms with E-state index in [1.54, 1.807) is 13.3 Å². The largest absolute Gasteiger partial charge is 0.493 e. The number of rotatable bonds is 10. The van der Waals surface area contributed by atoms with Crippen molar-refractivity contribution in [3.05, 3.63) is 47.5 Å². The fourth-order valence-electron chi connectivity index (χ4n) is 4.31. The summed E-state index contributed by atoms with van der Waals surface area (Å²) in [5.74, 6) is 2.93. The molecule has 0 unspecified atom stereocenters. The molecule has 0 saturated carbocycles. The summed E-state index contributed by atoms with van der Waals surface area (Å²) in [6.45, 7) is 7.95. The molecule has 182 valence electrons. The normalized spacial score (nSPS) is 14.7. The number of piperidine rings is 1. The Hall–Kier alpha value is -2.97. The summed E-state index contributed by atoms with van der Waals surface area (Å²) in [6.07, 6.45) is 5.48. The Morgan fingerprint density at radius 1 is 1.12 bits per heavy atom. The summed E-state index contributed by atoms with van der Waals surface area (Å²) in [5, 5.41) is 3.68. The molecule has 1 saturated heterocycles. The first-order valence-corrected chi connectivity index (χ1v) is 12.1. The van der Waals surface area contributed by atoms with Gasteiger partial charge in [0.25, 0.3) is 0 Å². The minimum atomic E-state index is 0.207. The fourth-order valence-corrected chi connectivity index (χ4v) is 4.45. The van der Waals surface area contributed by atoms with Gasteiger partial charge in [0.1, 0.15) is 11.5 Å². The highest BCUT2D eigenvalue weighted by Gasteiger charge is 2.23. The van der Waals surface area contributed by atoms with Crippen LogP contribution in [0.25, 0.3) is 11.3 Å². The molecule has 0 radical (unpaired) electrons. The Morgan fingerprint density at radius 3 is 2.41 bits per heavy atom. The highest BCUT2D eigenvalue weighted by atomic mass is 35.5. The molecule has 0 amide bonds. The monoisotopic (exact) mass is 485 g/mol. The smallest absolute Gasteiger partial charge is 0.224 e. The topological polar surface area (TPSA) is 84.5 Å². The van der Waals surface area contributed by atoms with E-state index in [1.165, 1.54) is 5.56 Å². The Morgan fingerprint density at radius 2 is 1.82 bits per heavy atom. The van der Waals surface area contributed by atoms with Crippen LogP contribution < -0.4 is 19.5 Å². The van der Waals surface area contributed by atoms with E-state index >= 15 is 0 Å². The second kappa shape index (κ2) is 11.4. The van der Waals surface area contributed by atoms with Crippen LogP contribution >= 0.6 is 11.6 Å². The molecule has 0 aliphatic carbocycles. The second-order valence-electron chi connectivity index (χ2n) is 8.17. The minimum Gasteiger partial charge on any atom is -0.493 e. The van der Waals surface area contributed by atoms with Gasteiger partial charge in [-0.1, -0.05) is 0 Å². The molecule has 3 aromatic rings. The zero-order valence-electron chi connectivity index (χ0n) is 19.9. The van der Waals surface area contributed by atoms with Crippen LogP contribution in [-0.4, -0.2) is 59.3 Å². The van der Waals surface area contributed by atoms with E-state index in [1.807, 2.05) is 32.2 Å². The van der Waals surface area contributed by atoms with Crippen molar-refractivity contribution in [2.75, 3.05) is 38.7 Å². The third-order valence-corrected chi connectivity index (χ3v) is 6.06. The van der Waals surface area contributed by atoms with Crippen molar-refractivity contribution >= 4 is 17.4 Å². The van der Waals surface area contributed by atoms with Crippen molar-refractivity contribution in [3.8, 4) is 28.5 Å². The molecule has 4 rings (SSSR count). The van der Waals surface area contributed by atoms with E-state index in [0.29, 0.717) is 30.8 Å². The molecule has 1 aliphatic heterocycles. The van der Waals surface area contributed by atoms with Gasteiger partial charge in [0.05, 0.1) is 37.8 Å². The van der Waals surface area contributed by atoms with Crippen molar-refractivity contribution in [2.45, 2.75) is 39.3 Å².